The molecule has 0 aliphatic rings. The topological polar surface area (TPSA) is 96.7 Å². The summed E-state index contributed by atoms with van der Waals surface area (Å²) in [4.78, 5) is 24.0. The zero-order valence-electron chi connectivity index (χ0n) is 17.3. The van der Waals surface area contributed by atoms with Crippen LogP contribution in [-0.2, 0) is 4.74 Å². The number of hydrogen-bond acceptors (Lipinski definition) is 5. The second-order valence-corrected chi connectivity index (χ2v) is 6.32. The minimum Gasteiger partial charge on any atom is -0.465 e. The molecule has 10 heteroatoms. The van der Waals surface area contributed by atoms with E-state index in [0.717, 1.165) is 12.1 Å². The minimum absolute atomic E-state index is 0.0385. The van der Waals surface area contributed by atoms with Gasteiger partial charge in [0.05, 0.1) is 12.6 Å². The Hall–Kier alpha value is -3.95. The summed E-state index contributed by atoms with van der Waals surface area (Å²) in [5.74, 6) is -1.87. The van der Waals surface area contributed by atoms with Crippen molar-refractivity contribution >= 4 is 33.7 Å². The lowest BCUT2D eigenvalue weighted by molar-refractivity contribution is -0.274. The SMILES string of the molecule is CC.COC(=O)c1coc2ccc(-n3c(C(N)=O)cc4ccc(OC(F)(F)F)cc43)cc12. The van der Waals surface area contributed by atoms with Crippen molar-refractivity contribution in [2.75, 3.05) is 7.11 Å². The fraction of sp³-hybridized carbons (Fsp3) is 0.182. The molecule has 0 fully saturated rings. The number of carbonyl (C=O) groups excluding carboxylic acids is 2. The highest BCUT2D eigenvalue weighted by molar-refractivity contribution is 6.04. The lowest BCUT2D eigenvalue weighted by Crippen LogP contribution is -2.17. The lowest BCUT2D eigenvalue weighted by atomic mass is 10.1. The van der Waals surface area contributed by atoms with Gasteiger partial charge in [0.1, 0.15) is 28.9 Å². The van der Waals surface area contributed by atoms with Gasteiger partial charge in [0.25, 0.3) is 5.91 Å². The highest BCUT2D eigenvalue weighted by atomic mass is 19.4. The first-order valence-electron chi connectivity index (χ1n) is 9.49. The van der Waals surface area contributed by atoms with Gasteiger partial charge >= 0.3 is 12.3 Å². The van der Waals surface area contributed by atoms with Gasteiger partial charge in [-0.05, 0) is 36.4 Å². The van der Waals surface area contributed by atoms with Crippen molar-refractivity contribution in [2.45, 2.75) is 20.2 Å². The number of ether oxygens (including phenoxy) is 2. The van der Waals surface area contributed by atoms with E-state index in [1.165, 1.54) is 30.1 Å². The van der Waals surface area contributed by atoms with Gasteiger partial charge in [-0.15, -0.1) is 13.2 Å². The molecule has 32 heavy (non-hydrogen) atoms. The van der Waals surface area contributed by atoms with E-state index in [1.807, 2.05) is 13.8 Å². The molecule has 4 rings (SSSR count). The van der Waals surface area contributed by atoms with Crippen molar-refractivity contribution < 1.29 is 36.7 Å². The van der Waals surface area contributed by atoms with E-state index >= 15 is 0 Å². The van der Waals surface area contributed by atoms with Crippen molar-refractivity contribution in [3.05, 3.63) is 60.0 Å². The van der Waals surface area contributed by atoms with Crippen LogP contribution in [0.1, 0.15) is 34.7 Å². The quantitative estimate of drug-likeness (QED) is 0.434. The number of primary amides is 1. The Labute approximate surface area is 180 Å². The minimum atomic E-state index is -4.87. The summed E-state index contributed by atoms with van der Waals surface area (Å²) in [7, 11) is 1.22. The monoisotopic (exact) mass is 448 g/mol. The number of amides is 1. The predicted molar refractivity (Wildman–Crippen MR) is 111 cm³/mol. The molecular formula is C22H19F3N2O5. The Morgan fingerprint density at radius 3 is 2.41 bits per heavy atom. The lowest BCUT2D eigenvalue weighted by Gasteiger charge is -2.12. The molecule has 0 spiro atoms. The molecular weight excluding hydrogens is 429 g/mol. The van der Waals surface area contributed by atoms with Gasteiger partial charge < -0.3 is 24.2 Å². The number of methoxy groups -OCH3 is 1. The third kappa shape index (κ3) is 4.25. The maximum Gasteiger partial charge on any atom is 0.573 e. The van der Waals surface area contributed by atoms with Gasteiger partial charge in [-0.3, -0.25) is 4.79 Å². The molecule has 7 nitrogen and oxygen atoms in total. The van der Waals surface area contributed by atoms with Crippen LogP contribution in [0, 0.1) is 0 Å². The van der Waals surface area contributed by atoms with Gasteiger partial charge in [-0.2, -0.15) is 0 Å². The number of benzene rings is 2. The van der Waals surface area contributed by atoms with E-state index in [1.54, 1.807) is 18.2 Å². The number of alkyl halides is 3. The number of fused-ring (bicyclic) bond motifs is 2. The van der Waals surface area contributed by atoms with Crippen molar-refractivity contribution in [3.63, 3.8) is 0 Å². The second kappa shape index (κ2) is 8.66. The number of halogens is 3. The third-order valence-electron chi connectivity index (χ3n) is 4.48. The molecule has 2 heterocycles. The summed E-state index contributed by atoms with van der Waals surface area (Å²) < 4.78 is 53.3. The Morgan fingerprint density at radius 2 is 1.78 bits per heavy atom. The van der Waals surface area contributed by atoms with Crippen LogP contribution in [0.4, 0.5) is 13.2 Å². The van der Waals surface area contributed by atoms with E-state index in [9.17, 15) is 22.8 Å². The number of furan rings is 1. The van der Waals surface area contributed by atoms with Gasteiger partial charge in [0.2, 0.25) is 0 Å². The molecule has 4 aromatic rings. The van der Waals surface area contributed by atoms with Crippen molar-refractivity contribution in [1.29, 1.82) is 0 Å². The van der Waals surface area contributed by atoms with Crippen LogP contribution in [0.3, 0.4) is 0 Å². The molecule has 1 amide bonds. The van der Waals surface area contributed by atoms with Crippen LogP contribution in [0.2, 0.25) is 0 Å². The summed E-state index contributed by atoms with van der Waals surface area (Å²) >= 11 is 0. The fourth-order valence-electron chi connectivity index (χ4n) is 3.26. The maximum atomic E-state index is 12.6. The van der Waals surface area contributed by atoms with Gasteiger partial charge in [-0.25, -0.2) is 4.79 Å². The normalized spacial score (nSPS) is 11.2. The number of nitrogens with two attached hydrogens (primary N) is 1. The van der Waals surface area contributed by atoms with Gasteiger partial charge in [-0.1, -0.05) is 13.8 Å². The molecule has 0 radical (unpaired) electrons. The van der Waals surface area contributed by atoms with Gasteiger partial charge in [0.15, 0.2) is 0 Å². The first-order valence-corrected chi connectivity index (χ1v) is 9.49. The fourth-order valence-corrected chi connectivity index (χ4v) is 3.26. The summed E-state index contributed by atoms with van der Waals surface area (Å²) in [6, 6.07) is 9.81. The molecule has 2 aromatic heterocycles. The number of hydrogen-bond donors (Lipinski definition) is 1. The maximum absolute atomic E-state index is 12.6. The molecule has 2 N–H and O–H groups in total. The molecule has 0 aliphatic heterocycles. The Kier molecular flexibility index (Phi) is 6.15. The summed E-state index contributed by atoms with van der Waals surface area (Å²) in [5.41, 5.74) is 6.70. The largest absolute Gasteiger partial charge is 0.573 e. The molecule has 168 valence electrons. The summed E-state index contributed by atoms with van der Waals surface area (Å²) in [6.45, 7) is 4.00. The average Bonchev–Trinajstić information content (AvgIpc) is 3.34. The smallest absolute Gasteiger partial charge is 0.465 e. The highest BCUT2D eigenvalue weighted by Crippen LogP contribution is 2.32. The van der Waals surface area contributed by atoms with E-state index in [2.05, 4.69) is 4.74 Å². The summed E-state index contributed by atoms with van der Waals surface area (Å²) in [6.07, 6.45) is -3.64. The number of esters is 1. The second-order valence-electron chi connectivity index (χ2n) is 6.32. The standard InChI is InChI=1S/C20H13F3N2O5.C2H6/c1-28-19(27)14-9-29-17-5-3-11(7-13(14)17)25-15-8-12(30-20(21,22)23)4-2-10(15)6-16(25)18(24)26;1-2/h2-9H,1H3,(H2,24,26);1-2H3. The molecule has 0 unspecified atom stereocenters. The number of carbonyl (C=O) groups is 2. The van der Waals surface area contributed by atoms with E-state index in [4.69, 9.17) is 14.9 Å². The van der Waals surface area contributed by atoms with Crippen LogP contribution in [-0.4, -0.2) is 29.9 Å². The molecule has 0 atom stereocenters. The van der Waals surface area contributed by atoms with Crippen molar-refractivity contribution in [3.8, 4) is 11.4 Å². The Morgan fingerprint density at radius 1 is 1.06 bits per heavy atom. The van der Waals surface area contributed by atoms with Crippen molar-refractivity contribution in [2.24, 2.45) is 5.73 Å². The molecule has 0 saturated carbocycles. The Bertz CT molecular complexity index is 1300. The van der Waals surface area contributed by atoms with Crippen LogP contribution in [0.5, 0.6) is 5.75 Å². The van der Waals surface area contributed by atoms with E-state index < -0.39 is 24.0 Å². The molecule has 2 aromatic carbocycles. The predicted octanol–water partition coefficient (Wildman–Crippen LogP) is 5.19. The number of rotatable bonds is 4. The van der Waals surface area contributed by atoms with Crippen LogP contribution >= 0.6 is 0 Å². The molecule has 0 bridgehead atoms. The highest BCUT2D eigenvalue weighted by Gasteiger charge is 2.31. The average molecular weight is 448 g/mol. The summed E-state index contributed by atoms with van der Waals surface area (Å²) in [5, 5.41) is 0.873. The first kappa shape index (κ1) is 22.7. The van der Waals surface area contributed by atoms with Gasteiger partial charge in [0, 0.05) is 22.5 Å². The number of aromatic nitrogens is 1. The first-order chi connectivity index (χ1) is 15.2. The number of nitrogens with zero attached hydrogens (tertiary/aromatic N) is 1. The van der Waals surface area contributed by atoms with Crippen molar-refractivity contribution in [1.82, 2.24) is 4.57 Å². The third-order valence-corrected chi connectivity index (χ3v) is 4.48. The van der Waals surface area contributed by atoms with E-state index in [0.29, 0.717) is 22.0 Å². The molecule has 0 saturated heterocycles. The zero-order chi connectivity index (χ0) is 23.6. The molecule has 0 aliphatic carbocycles. The van der Waals surface area contributed by atoms with E-state index in [-0.39, 0.29) is 16.8 Å². The Balaban J connectivity index is 0.00000141. The van der Waals surface area contributed by atoms with Crippen LogP contribution in [0.15, 0.2) is 53.1 Å². The van der Waals surface area contributed by atoms with Crippen LogP contribution < -0.4 is 10.5 Å². The zero-order valence-corrected chi connectivity index (χ0v) is 17.3. The van der Waals surface area contributed by atoms with Crippen LogP contribution in [0.25, 0.3) is 27.6 Å².